The van der Waals surface area contributed by atoms with Crippen molar-refractivity contribution < 1.29 is 9.47 Å². The number of methoxy groups -OCH3 is 1. The zero-order valence-corrected chi connectivity index (χ0v) is 13.6. The summed E-state index contributed by atoms with van der Waals surface area (Å²) < 4.78 is 10.4. The smallest absolute Gasteiger partial charge is 0.135 e. The van der Waals surface area contributed by atoms with E-state index < -0.39 is 0 Å². The van der Waals surface area contributed by atoms with Gasteiger partial charge >= 0.3 is 0 Å². The van der Waals surface area contributed by atoms with Crippen molar-refractivity contribution in [2.45, 2.75) is 33.1 Å². The molecule has 0 aliphatic heterocycles. The van der Waals surface area contributed by atoms with Gasteiger partial charge in [-0.25, -0.2) is 9.97 Å². The third-order valence-corrected chi connectivity index (χ3v) is 2.97. The molecule has 0 unspecified atom stereocenters. The van der Waals surface area contributed by atoms with Gasteiger partial charge in [0.15, 0.2) is 0 Å². The van der Waals surface area contributed by atoms with E-state index in [0.717, 1.165) is 30.2 Å². The molecule has 120 valence electrons. The summed E-state index contributed by atoms with van der Waals surface area (Å²) in [5.41, 5.74) is 1.13. The van der Waals surface area contributed by atoms with Crippen LogP contribution in [0.1, 0.15) is 38.7 Å². The summed E-state index contributed by atoms with van der Waals surface area (Å²) in [5.74, 6) is 2.15. The molecule has 0 amide bonds. The van der Waals surface area contributed by atoms with Crippen molar-refractivity contribution >= 4 is 11.6 Å². The molecule has 0 aromatic carbocycles. The van der Waals surface area contributed by atoms with Crippen LogP contribution in [-0.2, 0) is 9.47 Å². The quantitative estimate of drug-likeness (QED) is 0.612. The Labute approximate surface area is 127 Å². The number of ether oxygens (including phenoxy) is 2. The molecule has 0 aliphatic rings. The van der Waals surface area contributed by atoms with Gasteiger partial charge in [-0.2, -0.15) is 0 Å². The Morgan fingerprint density at radius 1 is 1.05 bits per heavy atom. The molecule has 0 bridgehead atoms. The van der Waals surface area contributed by atoms with Crippen LogP contribution in [-0.4, -0.2) is 50.0 Å². The first-order valence-electron chi connectivity index (χ1n) is 7.60. The molecule has 1 rings (SSSR count). The van der Waals surface area contributed by atoms with Crippen LogP contribution in [0.5, 0.6) is 0 Å². The summed E-state index contributed by atoms with van der Waals surface area (Å²) in [6, 6.07) is 0. The van der Waals surface area contributed by atoms with E-state index in [1.807, 2.05) is 0 Å². The molecule has 21 heavy (non-hydrogen) atoms. The molecule has 1 aromatic rings. The van der Waals surface area contributed by atoms with Crippen molar-refractivity contribution in [3.63, 3.8) is 0 Å². The molecular weight excluding hydrogens is 268 g/mol. The van der Waals surface area contributed by atoms with Gasteiger partial charge in [-0.05, 0) is 12.3 Å². The van der Waals surface area contributed by atoms with Crippen molar-refractivity contribution in [2.24, 2.45) is 0 Å². The monoisotopic (exact) mass is 296 g/mol. The average molecular weight is 296 g/mol. The Morgan fingerprint density at radius 3 is 2.29 bits per heavy atom. The third-order valence-electron chi connectivity index (χ3n) is 2.97. The SMILES string of the molecule is CCCNc1ncnc(NCCOCCOC)c1C(C)C. The lowest BCUT2D eigenvalue weighted by molar-refractivity contribution is 0.0759. The molecule has 1 heterocycles. The normalized spacial score (nSPS) is 10.9. The number of anilines is 2. The lowest BCUT2D eigenvalue weighted by Crippen LogP contribution is -2.16. The van der Waals surface area contributed by atoms with Crippen molar-refractivity contribution in [3.05, 3.63) is 11.9 Å². The standard InChI is InChI=1S/C15H28N4O2/c1-5-6-16-14-13(12(2)3)15(19-11-18-14)17-7-8-21-10-9-20-4/h11-12H,5-10H2,1-4H3,(H2,16,17,18,19). The summed E-state index contributed by atoms with van der Waals surface area (Å²) in [7, 11) is 1.67. The van der Waals surface area contributed by atoms with E-state index in [4.69, 9.17) is 9.47 Å². The zero-order valence-electron chi connectivity index (χ0n) is 13.6. The number of hydrogen-bond acceptors (Lipinski definition) is 6. The second-order valence-corrected chi connectivity index (χ2v) is 5.10. The summed E-state index contributed by atoms with van der Waals surface area (Å²) in [5, 5.41) is 6.70. The maximum Gasteiger partial charge on any atom is 0.135 e. The van der Waals surface area contributed by atoms with E-state index in [9.17, 15) is 0 Å². The second-order valence-electron chi connectivity index (χ2n) is 5.10. The van der Waals surface area contributed by atoms with Gasteiger partial charge in [0.1, 0.15) is 18.0 Å². The third kappa shape index (κ3) is 6.27. The summed E-state index contributed by atoms with van der Waals surface area (Å²) in [6.07, 6.45) is 2.66. The first kappa shape index (κ1) is 17.7. The van der Waals surface area contributed by atoms with Gasteiger partial charge in [0, 0.05) is 25.8 Å². The van der Waals surface area contributed by atoms with Gasteiger partial charge in [-0.1, -0.05) is 20.8 Å². The molecule has 0 spiro atoms. The zero-order chi connectivity index (χ0) is 15.5. The average Bonchev–Trinajstić information content (AvgIpc) is 2.48. The molecule has 0 radical (unpaired) electrons. The number of hydrogen-bond donors (Lipinski definition) is 2. The molecule has 0 saturated carbocycles. The Hall–Kier alpha value is -1.40. The maximum atomic E-state index is 5.44. The molecule has 0 fully saturated rings. The lowest BCUT2D eigenvalue weighted by Gasteiger charge is -2.17. The Bertz CT molecular complexity index is 399. The Morgan fingerprint density at radius 2 is 1.71 bits per heavy atom. The predicted molar refractivity (Wildman–Crippen MR) is 86.1 cm³/mol. The van der Waals surface area contributed by atoms with E-state index in [1.54, 1.807) is 13.4 Å². The van der Waals surface area contributed by atoms with Gasteiger partial charge in [0.05, 0.1) is 19.8 Å². The number of nitrogens with one attached hydrogen (secondary N) is 2. The van der Waals surface area contributed by atoms with Crippen molar-refractivity contribution in [3.8, 4) is 0 Å². The lowest BCUT2D eigenvalue weighted by atomic mass is 10.0. The molecule has 0 atom stereocenters. The minimum atomic E-state index is 0.350. The van der Waals surface area contributed by atoms with Crippen LogP contribution in [0.3, 0.4) is 0 Å². The van der Waals surface area contributed by atoms with Gasteiger partial charge in [-0.15, -0.1) is 0 Å². The predicted octanol–water partition coefficient (Wildman–Crippen LogP) is 2.50. The summed E-state index contributed by atoms with van der Waals surface area (Å²) in [4.78, 5) is 8.72. The van der Waals surface area contributed by atoms with Gasteiger partial charge < -0.3 is 20.1 Å². The highest BCUT2D eigenvalue weighted by molar-refractivity contribution is 5.58. The molecule has 0 aliphatic carbocycles. The molecular formula is C15H28N4O2. The van der Waals surface area contributed by atoms with Gasteiger partial charge in [-0.3, -0.25) is 0 Å². The van der Waals surface area contributed by atoms with Crippen LogP contribution in [0.15, 0.2) is 6.33 Å². The highest BCUT2D eigenvalue weighted by Crippen LogP contribution is 2.28. The van der Waals surface area contributed by atoms with E-state index in [-0.39, 0.29) is 0 Å². The minimum absolute atomic E-state index is 0.350. The maximum absolute atomic E-state index is 5.44. The molecule has 2 N–H and O–H groups in total. The topological polar surface area (TPSA) is 68.3 Å². The van der Waals surface area contributed by atoms with E-state index in [1.165, 1.54) is 0 Å². The van der Waals surface area contributed by atoms with Crippen LogP contribution >= 0.6 is 0 Å². The summed E-state index contributed by atoms with van der Waals surface area (Å²) >= 11 is 0. The Balaban J connectivity index is 2.59. The molecule has 0 saturated heterocycles. The number of rotatable bonds is 11. The van der Waals surface area contributed by atoms with Crippen molar-refractivity contribution in [2.75, 3.05) is 50.7 Å². The van der Waals surface area contributed by atoms with Crippen LogP contribution in [0.25, 0.3) is 0 Å². The van der Waals surface area contributed by atoms with Crippen LogP contribution in [0, 0.1) is 0 Å². The first-order valence-corrected chi connectivity index (χ1v) is 7.60. The first-order chi connectivity index (χ1) is 10.2. The second kappa shape index (κ2) is 10.3. The van der Waals surface area contributed by atoms with Crippen molar-refractivity contribution in [1.82, 2.24) is 9.97 Å². The van der Waals surface area contributed by atoms with Crippen LogP contribution < -0.4 is 10.6 Å². The van der Waals surface area contributed by atoms with Gasteiger partial charge in [0.25, 0.3) is 0 Å². The van der Waals surface area contributed by atoms with E-state index in [2.05, 4.69) is 41.4 Å². The number of aromatic nitrogens is 2. The summed E-state index contributed by atoms with van der Waals surface area (Å²) in [6.45, 7) is 9.93. The fourth-order valence-electron chi connectivity index (χ4n) is 1.95. The van der Waals surface area contributed by atoms with Gasteiger partial charge in [0.2, 0.25) is 0 Å². The Kier molecular flexibility index (Phi) is 8.69. The van der Waals surface area contributed by atoms with Crippen LogP contribution in [0.4, 0.5) is 11.6 Å². The largest absolute Gasteiger partial charge is 0.382 e. The molecule has 1 aromatic heterocycles. The van der Waals surface area contributed by atoms with Crippen molar-refractivity contribution in [1.29, 1.82) is 0 Å². The highest BCUT2D eigenvalue weighted by atomic mass is 16.5. The minimum Gasteiger partial charge on any atom is -0.382 e. The van der Waals surface area contributed by atoms with Crippen LogP contribution in [0.2, 0.25) is 0 Å². The molecule has 6 heteroatoms. The fourth-order valence-corrected chi connectivity index (χ4v) is 1.95. The van der Waals surface area contributed by atoms with E-state index in [0.29, 0.717) is 32.3 Å². The highest BCUT2D eigenvalue weighted by Gasteiger charge is 2.14. The fraction of sp³-hybridized carbons (Fsp3) is 0.733. The number of nitrogens with zero attached hydrogens (tertiary/aromatic N) is 2. The molecule has 6 nitrogen and oxygen atoms in total. The van der Waals surface area contributed by atoms with E-state index >= 15 is 0 Å².